The maximum absolute atomic E-state index is 9.95. The SMILES string of the molecule is COCC1CCCN(C2CCc3c(O)cccc32)C1. The highest BCUT2D eigenvalue weighted by Gasteiger charge is 2.32. The van der Waals surface area contributed by atoms with Gasteiger partial charge in [-0.1, -0.05) is 12.1 Å². The Morgan fingerprint density at radius 1 is 1.37 bits per heavy atom. The lowest BCUT2D eigenvalue weighted by molar-refractivity contribution is 0.0680. The summed E-state index contributed by atoms with van der Waals surface area (Å²) in [6.07, 6.45) is 4.70. The van der Waals surface area contributed by atoms with E-state index in [0.29, 0.717) is 17.7 Å². The summed E-state index contributed by atoms with van der Waals surface area (Å²) in [6, 6.07) is 6.47. The molecule has 1 aromatic carbocycles. The van der Waals surface area contributed by atoms with Crippen LogP contribution in [-0.4, -0.2) is 36.8 Å². The second kappa shape index (κ2) is 5.51. The first kappa shape index (κ1) is 12.9. The number of phenolic OH excluding ortho intramolecular Hbond substituents is 1. The minimum absolute atomic E-state index is 0.477. The molecular weight excluding hydrogens is 238 g/mol. The van der Waals surface area contributed by atoms with E-state index >= 15 is 0 Å². The van der Waals surface area contributed by atoms with Gasteiger partial charge in [0.25, 0.3) is 0 Å². The Kier molecular flexibility index (Phi) is 3.76. The number of phenols is 1. The quantitative estimate of drug-likeness (QED) is 0.908. The van der Waals surface area contributed by atoms with E-state index in [1.807, 2.05) is 12.1 Å². The van der Waals surface area contributed by atoms with Crippen LogP contribution in [0.15, 0.2) is 18.2 Å². The molecule has 19 heavy (non-hydrogen) atoms. The van der Waals surface area contributed by atoms with Crippen LogP contribution in [0, 0.1) is 5.92 Å². The van der Waals surface area contributed by atoms with Crippen LogP contribution in [0.2, 0.25) is 0 Å². The zero-order valence-electron chi connectivity index (χ0n) is 11.6. The average Bonchev–Trinajstić information content (AvgIpc) is 2.85. The topological polar surface area (TPSA) is 32.7 Å². The van der Waals surface area contributed by atoms with E-state index in [0.717, 1.165) is 26.0 Å². The van der Waals surface area contributed by atoms with Gasteiger partial charge in [-0.25, -0.2) is 0 Å². The number of piperidine rings is 1. The van der Waals surface area contributed by atoms with Crippen LogP contribution in [0.1, 0.15) is 36.4 Å². The molecule has 0 spiro atoms. The van der Waals surface area contributed by atoms with Crippen molar-refractivity contribution < 1.29 is 9.84 Å². The molecule has 0 bridgehead atoms. The summed E-state index contributed by atoms with van der Waals surface area (Å²) < 4.78 is 5.31. The van der Waals surface area contributed by atoms with E-state index in [9.17, 15) is 5.11 Å². The van der Waals surface area contributed by atoms with Crippen molar-refractivity contribution in [3.8, 4) is 5.75 Å². The minimum Gasteiger partial charge on any atom is -0.508 e. The van der Waals surface area contributed by atoms with Crippen LogP contribution >= 0.6 is 0 Å². The zero-order chi connectivity index (χ0) is 13.2. The standard InChI is InChI=1S/C16H23NO2/c1-19-11-12-4-3-9-17(10-12)15-8-7-14-13(15)5-2-6-16(14)18/h2,5-6,12,15,18H,3-4,7-11H2,1H3. The molecule has 2 aliphatic rings. The maximum atomic E-state index is 9.95. The molecule has 2 unspecified atom stereocenters. The van der Waals surface area contributed by atoms with Crippen molar-refractivity contribution in [2.75, 3.05) is 26.8 Å². The Labute approximate surface area is 115 Å². The Balaban J connectivity index is 1.76. The molecule has 1 heterocycles. The third-order valence-corrected chi connectivity index (χ3v) is 4.61. The highest BCUT2D eigenvalue weighted by molar-refractivity contribution is 5.44. The number of methoxy groups -OCH3 is 1. The summed E-state index contributed by atoms with van der Waals surface area (Å²) in [5, 5.41) is 9.95. The van der Waals surface area contributed by atoms with Crippen LogP contribution in [0.4, 0.5) is 0 Å². The van der Waals surface area contributed by atoms with E-state index < -0.39 is 0 Å². The number of nitrogens with zero attached hydrogens (tertiary/aromatic N) is 1. The monoisotopic (exact) mass is 261 g/mol. The molecular formula is C16H23NO2. The Bertz CT molecular complexity index is 444. The van der Waals surface area contributed by atoms with Crippen LogP contribution < -0.4 is 0 Å². The second-order valence-electron chi connectivity index (χ2n) is 5.86. The summed E-state index contributed by atoms with van der Waals surface area (Å²) >= 11 is 0. The van der Waals surface area contributed by atoms with Gasteiger partial charge in [0, 0.05) is 19.7 Å². The number of benzene rings is 1. The molecule has 1 fully saturated rings. The van der Waals surface area contributed by atoms with Crippen LogP contribution in [0.25, 0.3) is 0 Å². The highest BCUT2D eigenvalue weighted by atomic mass is 16.5. The zero-order valence-corrected chi connectivity index (χ0v) is 11.6. The third kappa shape index (κ3) is 2.49. The first-order valence-electron chi connectivity index (χ1n) is 7.33. The van der Waals surface area contributed by atoms with Gasteiger partial charge in [0.15, 0.2) is 0 Å². The third-order valence-electron chi connectivity index (χ3n) is 4.61. The van der Waals surface area contributed by atoms with E-state index in [-0.39, 0.29) is 0 Å². The summed E-state index contributed by atoms with van der Waals surface area (Å²) in [5.74, 6) is 1.14. The molecule has 2 atom stereocenters. The van der Waals surface area contributed by atoms with E-state index in [4.69, 9.17) is 4.74 Å². The second-order valence-corrected chi connectivity index (χ2v) is 5.86. The van der Waals surface area contributed by atoms with Crippen molar-refractivity contribution in [3.05, 3.63) is 29.3 Å². The fraction of sp³-hybridized carbons (Fsp3) is 0.625. The van der Waals surface area contributed by atoms with Gasteiger partial charge < -0.3 is 9.84 Å². The lowest BCUT2D eigenvalue weighted by Crippen LogP contribution is -2.38. The minimum atomic E-state index is 0.477. The molecule has 1 aliphatic heterocycles. The lowest BCUT2D eigenvalue weighted by atomic mass is 9.96. The summed E-state index contributed by atoms with van der Waals surface area (Å²) in [7, 11) is 1.79. The molecule has 1 N–H and O–H groups in total. The molecule has 104 valence electrons. The van der Waals surface area contributed by atoms with Gasteiger partial charge in [-0.15, -0.1) is 0 Å². The lowest BCUT2D eigenvalue weighted by Gasteiger charge is -2.37. The largest absolute Gasteiger partial charge is 0.508 e. The van der Waals surface area contributed by atoms with E-state index in [1.165, 1.54) is 30.5 Å². The normalized spacial score (nSPS) is 27.4. The molecule has 3 nitrogen and oxygen atoms in total. The van der Waals surface area contributed by atoms with Crippen LogP contribution in [0.5, 0.6) is 5.75 Å². The van der Waals surface area contributed by atoms with E-state index in [2.05, 4.69) is 11.0 Å². The van der Waals surface area contributed by atoms with Crippen LogP contribution in [-0.2, 0) is 11.2 Å². The summed E-state index contributed by atoms with van der Waals surface area (Å²) in [6.45, 7) is 3.18. The van der Waals surface area contributed by atoms with Gasteiger partial charge >= 0.3 is 0 Å². The van der Waals surface area contributed by atoms with Crippen molar-refractivity contribution in [2.24, 2.45) is 5.92 Å². The van der Waals surface area contributed by atoms with Crippen LogP contribution in [0.3, 0.4) is 0 Å². The van der Waals surface area contributed by atoms with Gasteiger partial charge in [-0.2, -0.15) is 0 Å². The summed E-state index contributed by atoms with van der Waals surface area (Å²) in [5.41, 5.74) is 2.51. The maximum Gasteiger partial charge on any atom is 0.119 e. The molecule has 3 rings (SSSR count). The average molecular weight is 261 g/mol. The Morgan fingerprint density at radius 2 is 2.26 bits per heavy atom. The molecule has 0 amide bonds. The van der Waals surface area contributed by atoms with Crippen molar-refractivity contribution in [3.63, 3.8) is 0 Å². The number of hydrogen-bond donors (Lipinski definition) is 1. The van der Waals surface area contributed by atoms with Gasteiger partial charge in [0.05, 0.1) is 6.61 Å². The smallest absolute Gasteiger partial charge is 0.119 e. The van der Waals surface area contributed by atoms with Crippen molar-refractivity contribution in [1.82, 2.24) is 4.90 Å². The predicted molar refractivity (Wildman–Crippen MR) is 75.3 cm³/mol. The van der Waals surface area contributed by atoms with Gasteiger partial charge in [-0.05, 0) is 55.3 Å². The van der Waals surface area contributed by atoms with Gasteiger partial charge in [0.1, 0.15) is 5.75 Å². The Hall–Kier alpha value is -1.06. The molecule has 0 saturated carbocycles. The molecule has 1 saturated heterocycles. The molecule has 1 aliphatic carbocycles. The number of aromatic hydroxyl groups is 1. The van der Waals surface area contributed by atoms with E-state index in [1.54, 1.807) is 7.11 Å². The molecule has 0 aromatic heterocycles. The van der Waals surface area contributed by atoms with Gasteiger partial charge in [-0.3, -0.25) is 4.90 Å². The Morgan fingerprint density at radius 3 is 3.11 bits per heavy atom. The van der Waals surface area contributed by atoms with Crippen molar-refractivity contribution >= 4 is 0 Å². The number of hydrogen-bond acceptors (Lipinski definition) is 3. The molecule has 0 radical (unpaired) electrons. The van der Waals surface area contributed by atoms with Crippen molar-refractivity contribution in [1.29, 1.82) is 0 Å². The first-order valence-corrected chi connectivity index (χ1v) is 7.33. The van der Waals surface area contributed by atoms with Crippen molar-refractivity contribution in [2.45, 2.75) is 31.7 Å². The molecule has 3 heteroatoms. The first-order chi connectivity index (χ1) is 9.29. The fourth-order valence-electron chi connectivity index (χ4n) is 3.74. The van der Waals surface area contributed by atoms with Gasteiger partial charge in [0.2, 0.25) is 0 Å². The number of fused-ring (bicyclic) bond motifs is 1. The predicted octanol–water partition coefficient (Wildman–Crippen LogP) is 2.74. The fourth-order valence-corrected chi connectivity index (χ4v) is 3.74. The number of rotatable bonds is 3. The highest BCUT2D eigenvalue weighted by Crippen LogP contribution is 2.41. The molecule has 1 aromatic rings. The number of likely N-dealkylation sites (tertiary alicyclic amines) is 1. The number of ether oxygens (including phenoxy) is 1. The summed E-state index contributed by atoms with van der Waals surface area (Å²) in [4.78, 5) is 2.60.